The van der Waals surface area contributed by atoms with Gasteiger partial charge in [-0.05, 0) is 12.1 Å². The van der Waals surface area contributed by atoms with Crippen molar-refractivity contribution < 1.29 is 9.53 Å². The molecule has 0 saturated carbocycles. The third kappa shape index (κ3) is 2.82. The van der Waals surface area contributed by atoms with E-state index in [1.807, 2.05) is 17.5 Å². The number of methoxy groups -OCH3 is 1. The molecule has 0 aliphatic carbocycles. The number of nitrogens with zero attached hydrogens (tertiary/aromatic N) is 1. The molecule has 0 atom stereocenters. The monoisotopic (exact) mass is 248 g/mol. The summed E-state index contributed by atoms with van der Waals surface area (Å²) in [6.45, 7) is 0.603. The average Bonchev–Trinajstić information content (AvgIpc) is 2.89. The van der Waals surface area contributed by atoms with Crippen LogP contribution >= 0.6 is 11.3 Å². The Bertz CT molecular complexity index is 497. The molecule has 0 radical (unpaired) electrons. The highest BCUT2D eigenvalue weighted by atomic mass is 32.1. The second-order valence-corrected chi connectivity index (χ2v) is 4.30. The highest BCUT2D eigenvalue weighted by molar-refractivity contribution is 7.09. The Morgan fingerprint density at radius 3 is 3.00 bits per heavy atom. The first-order valence-electron chi connectivity index (χ1n) is 5.11. The van der Waals surface area contributed by atoms with Crippen molar-refractivity contribution in [2.45, 2.75) is 6.54 Å². The molecule has 5 heteroatoms. The van der Waals surface area contributed by atoms with Crippen LogP contribution in [0.2, 0.25) is 0 Å². The number of hydrogen-bond donors (Lipinski definition) is 1. The predicted molar refractivity (Wildman–Crippen MR) is 67.2 cm³/mol. The van der Waals surface area contributed by atoms with E-state index >= 15 is 0 Å². The van der Waals surface area contributed by atoms with Gasteiger partial charge in [0.1, 0.15) is 5.01 Å². The molecule has 1 heterocycles. The second kappa shape index (κ2) is 5.45. The Labute approximate surface area is 103 Å². The highest BCUT2D eigenvalue weighted by Crippen LogP contribution is 2.17. The van der Waals surface area contributed by atoms with E-state index in [0.29, 0.717) is 12.1 Å². The molecule has 2 rings (SSSR count). The molecule has 0 saturated heterocycles. The number of ether oxygens (including phenoxy) is 1. The number of esters is 1. The maximum atomic E-state index is 11.5. The van der Waals surface area contributed by atoms with Crippen molar-refractivity contribution in [3.63, 3.8) is 0 Å². The standard InChI is InChI=1S/C12H12N2O2S/c1-16-12(15)9-4-2-3-5-10(9)14-8-11-13-6-7-17-11/h2-7,14H,8H2,1H3. The molecule has 1 aromatic heterocycles. The number of carbonyl (C=O) groups is 1. The molecule has 0 bridgehead atoms. The fraction of sp³-hybridized carbons (Fsp3) is 0.167. The number of carbonyl (C=O) groups excluding carboxylic acids is 1. The van der Waals surface area contributed by atoms with Gasteiger partial charge in [0.15, 0.2) is 0 Å². The van der Waals surface area contributed by atoms with Crippen molar-refractivity contribution >= 4 is 23.0 Å². The molecule has 2 aromatic rings. The molecule has 4 nitrogen and oxygen atoms in total. The Morgan fingerprint density at radius 1 is 1.47 bits per heavy atom. The normalized spacial score (nSPS) is 9.94. The molecule has 1 aromatic carbocycles. The fourth-order valence-electron chi connectivity index (χ4n) is 1.44. The van der Waals surface area contributed by atoms with Crippen molar-refractivity contribution in [1.82, 2.24) is 4.98 Å². The Kier molecular flexibility index (Phi) is 3.72. The zero-order chi connectivity index (χ0) is 12.1. The summed E-state index contributed by atoms with van der Waals surface area (Å²) in [6.07, 6.45) is 1.76. The van der Waals surface area contributed by atoms with Crippen LogP contribution in [-0.4, -0.2) is 18.1 Å². The van der Waals surface area contributed by atoms with Gasteiger partial charge in [0, 0.05) is 17.3 Å². The molecule has 0 aliphatic rings. The molecule has 0 aliphatic heterocycles. The minimum atomic E-state index is -0.341. The number of anilines is 1. The summed E-state index contributed by atoms with van der Waals surface area (Å²) >= 11 is 1.57. The van der Waals surface area contributed by atoms with Crippen LogP contribution in [0, 0.1) is 0 Å². The summed E-state index contributed by atoms with van der Waals surface area (Å²) in [5.41, 5.74) is 1.29. The van der Waals surface area contributed by atoms with Crippen LogP contribution in [0.3, 0.4) is 0 Å². The second-order valence-electron chi connectivity index (χ2n) is 3.32. The minimum absolute atomic E-state index is 0.341. The van der Waals surface area contributed by atoms with Gasteiger partial charge in [-0.25, -0.2) is 9.78 Å². The van der Waals surface area contributed by atoms with Crippen LogP contribution in [0.15, 0.2) is 35.8 Å². The van der Waals surface area contributed by atoms with E-state index in [-0.39, 0.29) is 5.97 Å². The summed E-state index contributed by atoms with van der Waals surface area (Å²) in [7, 11) is 1.37. The number of aromatic nitrogens is 1. The largest absolute Gasteiger partial charge is 0.465 e. The quantitative estimate of drug-likeness (QED) is 0.845. The summed E-state index contributed by atoms with van der Waals surface area (Å²) < 4.78 is 4.72. The Balaban J connectivity index is 2.12. The minimum Gasteiger partial charge on any atom is -0.465 e. The molecule has 17 heavy (non-hydrogen) atoms. The molecule has 0 unspecified atom stereocenters. The third-order valence-corrected chi connectivity index (χ3v) is 3.03. The molecule has 88 valence electrons. The number of para-hydroxylation sites is 1. The Morgan fingerprint density at radius 2 is 2.29 bits per heavy atom. The topological polar surface area (TPSA) is 51.2 Å². The first-order valence-corrected chi connectivity index (χ1v) is 5.99. The SMILES string of the molecule is COC(=O)c1ccccc1NCc1nccs1. The van der Waals surface area contributed by atoms with Gasteiger partial charge in [-0.1, -0.05) is 12.1 Å². The molecular formula is C12H12N2O2S. The van der Waals surface area contributed by atoms with Crippen LogP contribution in [0.5, 0.6) is 0 Å². The van der Waals surface area contributed by atoms with E-state index in [4.69, 9.17) is 4.74 Å². The van der Waals surface area contributed by atoms with Gasteiger partial charge >= 0.3 is 5.97 Å². The van der Waals surface area contributed by atoms with Crippen molar-refractivity contribution in [1.29, 1.82) is 0 Å². The van der Waals surface area contributed by atoms with E-state index in [0.717, 1.165) is 10.7 Å². The maximum Gasteiger partial charge on any atom is 0.339 e. The van der Waals surface area contributed by atoms with Crippen LogP contribution in [0.25, 0.3) is 0 Å². The van der Waals surface area contributed by atoms with E-state index in [2.05, 4.69) is 10.3 Å². The average molecular weight is 248 g/mol. The van der Waals surface area contributed by atoms with Gasteiger partial charge in [0.25, 0.3) is 0 Å². The zero-order valence-corrected chi connectivity index (χ0v) is 10.2. The van der Waals surface area contributed by atoms with Crippen LogP contribution in [-0.2, 0) is 11.3 Å². The molecule has 0 fully saturated rings. The van der Waals surface area contributed by atoms with Gasteiger partial charge in [-0.3, -0.25) is 0 Å². The predicted octanol–water partition coefficient (Wildman–Crippen LogP) is 2.54. The first-order chi connectivity index (χ1) is 8.31. The van der Waals surface area contributed by atoms with Crippen LogP contribution in [0.1, 0.15) is 15.4 Å². The van der Waals surface area contributed by atoms with Gasteiger partial charge < -0.3 is 10.1 Å². The summed E-state index contributed by atoms with van der Waals surface area (Å²) in [5.74, 6) is -0.341. The van der Waals surface area contributed by atoms with Crippen LogP contribution in [0.4, 0.5) is 5.69 Å². The first kappa shape index (κ1) is 11.6. The molecule has 0 amide bonds. The van der Waals surface area contributed by atoms with Crippen molar-refractivity contribution in [2.24, 2.45) is 0 Å². The van der Waals surface area contributed by atoms with Crippen molar-refractivity contribution in [3.8, 4) is 0 Å². The number of hydrogen-bond acceptors (Lipinski definition) is 5. The van der Waals surface area contributed by atoms with Gasteiger partial charge in [0.2, 0.25) is 0 Å². The lowest BCUT2D eigenvalue weighted by molar-refractivity contribution is 0.0602. The zero-order valence-electron chi connectivity index (χ0n) is 9.34. The Hall–Kier alpha value is -1.88. The third-order valence-electron chi connectivity index (χ3n) is 2.25. The van der Waals surface area contributed by atoms with Gasteiger partial charge in [0.05, 0.1) is 19.2 Å². The highest BCUT2D eigenvalue weighted by Gasteiger charge is 2.10. The van der Waals surface area contributed by atoms with Crippen molar-refractivity contribution in [3.05, 3.63) is 46.4 Å². The fourth-order valence-corrected chi connectivity index (χ4v) is 1.99. The number of benzene rings is 1. The lowest BCUT2D eigenvalue weighted by Crippen LogP contribution is -2.07. The number of nitrogens with one attached hydrogen (secondary N) is 1. The summed E-state index contributed by atoms with van der Waals surface area (Å²) in [5, 5.41) is 6.07. The lowest BCUT2D eigenvalue weighted by Gasteiger charge is -2.09. The number of thiazole rings is 1. The molecule has 1 N–H and O–H groups in total. The molecule has 0 spiro atoms. The smallest absolute Gasteiger partial charge is 0.339 e. The summed E-state index contributed by atoms with van der Waals surface area (Å²) in [6, 6.07) is 7.26. The van der Waals surface area contributed by atoms with Gasteiger partial charge in [-0.15, -0.1) is 11.3 Å². The lowest BCUT2D eigenvalue weighted by atomic mass is 10.2. The van der Waals surface area contributed by atoms with Crippen molar-refractivity contribution in [2.75, 3.05) is 12.4 Å². The van der Waals surface area contributed by atoms with E-state index < -0.39 is 0 Å². The maximum absolute atomic E-state index is 11.5. The number of rotatable bonds is 4. The van der Waals surface area contributed by atoms with E-state index in [1.54, 1.807) is 29.7 Å². The summed E-state index contributed by atoms with van der Waals surface area (Å²) in [4.78, 5) is 15.7. The van der Waals surface area contributed by atoms with Gasteiger partial charge in [-0.2, -0.15) is 0 Å². The molecular weight excluding hydrogens is 236 g/mol. The van der Waals surface area contributed by atoms with E-state index in [1.165, 1.54) is 7.11 Å². The van der Waals surface area contributed by atoms with E-state index in [9.17, 15) is 4.79 Å². The van der Waals surface area contributed by atoms with Crippen LogP contribution < -0.4 is 5.32 Å².